The third-order valence-corrected chi connectivity index (χ3v) is 7.89. The van der Waals surface area contributed by atoms with Gasteiger partial charge in [0.25, 0.3) is 0 Å². The van der Waals surface area contributed by atoms with E-state index in [-0.39, 0.29) is 30.1 Å². The fourth-order valence-corrected chi connectivity index (χ4v) is 5.85. The maximum Gasteiger partial charge on any atom is 0.410 e. The van der Waals surface area contributed by atoms with Crippen LogP contribution in [0.2, 0.25) is 0 Å². The third-order valence-electron chi connectivity index (χ3n) is 6.79. The predicted octanol–water partition coefficient (Wildman–Crippen LogP) is 2.62. The van der Waals surface area contributed by atoms with Crippen molar-refractivity contribution >= 4 is 40.6 Å². The van der Waals surface area contributed by atoms with Crippen LogP contribution in [-0.2, 0) is 20.6 Å². The van der Waals surface area contributed by atoms with Crippen LogP contribution < -0.4 is 39.1 Å². The summed E-state index contributed by atoms with van der Waals surface area (Å²) in [7, 11) is 3.48. The molecule has 39 heavy (non-hydrogen) atoms. The van der Waals surface area contributed by atoms with Crippen molar-refractivity contribution in [2.45, 2.75) is 49.5 Å². The Kier molecular flexibility index (Phi) is 11.5. The van der Waals surface area contributed by atoms with E-state index in [1.165, 1.54) is 32.4 Å². The molecule has 2 aromatic rings. The number of halogens is 1. The summed E-state index contributed by atoms with van der Waals surface area (Å²) in [4.78, 5) is 21.4. The number of carbonyl (C=O) groups excluding carboxylic acids is 1. The SMILES string of the molecule is CCc1cc(N(CCOC)CCOC)cc2c1Nc1ccc(N3CCN(C(=O)OC(C)(C)C)CC3)cc1S2.[I-]. The number of nitrogens with zero attached hydrogens (tertiary/aromatic N) is 3. The van der Waals surface area contributed by atoms with Crippen molar-refractivity contribution in [3.05, 3.63) is 35.9 Å². The molecule has 2 aliphatic rings. The van der Waals surface area contributed by atoms with E-state index < -0.39 is 5.60 Å². The highest BCUT2D eigenvalue weighted by Gasteiger charge is 2.27. The van der Waals surface area contributed by atoms with E-state index in [4.69, 9.17) is 14.2 Å². The van der Waals surface area contributed by atoms with Crippen LogP contribution in [0.15, 0.2) is 40.1 Å². The molecule has 1 amide bonds. The van der Waals surface area contributed by atoms with Crippen molar-refractivity contribution in [3.63, 3.8) is 0 Å². The maximum atomic E-state index is 12.5. The van der Waals surface area contributed by atoms with Crippen molar-refractivity contribution in [3.8, 4) is 0 Å². The van der Waals surface area contributed by atoms with Crippen molar-refractivity contribution < 1.29 is 43.0 Å². The minimum absolute atomic E-state index is 0. The maximum absolute atomic E-state index is 12.5. The second-order valence-electron chi connectivity index (χ2n) is 10.7. The van der Waals surface area contributed by atoms with E-state index in [1.807, 2.05) is 32.5 Å². The Bertz CT molecular complexity index is 1110. The van der Waals surface area contributed by atoms with E-state index in [0.717, 1.165) is 38.3 Å². The molecule has 0 radical (unpaired) electrons. The molecule has 0 unspecified atom stereocenters. The van der Waals surface area contributed by atoms with Crippen LogP contribution in [0.25, 0.3) is 0 Å². The molecular weight excluding hydrogens is 627 g/mol. The number of fused-ring (bicyclic) bond motifs is 2. The lowest BCUT2D eigenvalue weighted by Gasteiger charge is -2.37. The zero-order valence-electron chi connectivity index (χ0n) is 24.0. The fraction of sp³-hybridized carbons (Fsp3) is 0.552. The molecule has 1 saturated heterocycles. The Labute approximate surface area is 254 Å². The van der Waals surface area contributed by atoms with Crippen LogP contribution in [-0.4, -0.2) is 83.3 Å². The Hall–Kier alpha value is -1.89. The summed E-state index contributed by atoms with van der Waals surface area (Å²) in [6.45, 7) is 13.8. The van der Waals surface area contributed by atoms with Gasteiger partial charge in [-0.1, -0.05) is 18.7 Å². The molecule has 0 saturated carbocycles. The number of anilines is 4. The van der Waals surface area contributed by atoms with E-state index >= 15 is 0 Å². The second-order valence-corrected chi connectivity index (χ2v) is 11.7. The number of rotatable bonds is 9. The van der Waals surface area contributed by atoms with Crippen molar-refractivity contribution in [2.75, 3.05) is 81.8 Å². The number of carbonyl (C=O) groups is 1. The molecule has 1 fully saturated rings. The van der Waals surface area contributed by atoms with E-state index in [9.17, 15) is 4.79 Å². The molecule has 2 aliphatic heterocycles. The van der Waals surface area contributed by atoms with Crippen LogP contribution >= 0.6 is 11.8 Å². The molecule has 2 heterocycles. The molecule has 10 heteroatoms. The number of aryl methyl sites for hydroxylation is 1. The van der Waals surface area contributed by atoms with Gasteiger partial charge in [-0.05, 0) is 63.1 Å². The number of nitrogens with one attached hydrogen (secondary N) is 1. The predicted molar refractivity (Wildman–Crippen MR) is 156 cm³/mol. The van der Waals surface area contributed by atoms with E-state index in [2.05, 4.69) is 52.4 Å². The first-order valence-corrected chi connectivity index (χ1v) is 14.3. The van der Waals surface area contributed by atoms with Crippen molar-refractivity contribution in [2.24, 2.45) is 0 Å². The highest BCUT2D eigenvalue weighted by Crippen LogP contribution is 2.48. The van der Waals surface area contributed by atoms with Gasteiger partial charge in [0.2, 0.25) is 0 Å². The zero-order valence-corrected chi connectivity index (χ0v) is 27.0. The molecule has 4 rings (SSSR count). The highest BCUT2D eigenvalue weighted by molar-refractivity contribution is 7.99. The van der Waals surface area contributed by atoms with E-state index in [0.29, 0.717) is 26.3 Å². The standard InChI is InChI=1S/C29H42N4O4S.HI/c1-7-21-18-23(32(14-16-35-5)15-17-36-6)20-26-27(21)30-24-9-8-22(19-25(24)38-26)31-10-12-33(13-11-31)28(34)37-29(2,3)4;/h8-9,18-20,30H,7,10-17H2,1-6H3;1H/p-1. The monoisotopic (exact) mass is 669 g/mol. The van der Waals surface area contributed by atoms with Gasteiger partial charge in [0.1, 0.15) is 5.60 Å². The number of methoxy groups -OCH3 is 2. The van der Waals surface area contributed by atoms with Gasteiger partial charge >= 0.3 is 6.09 Å². The quantitative estimate of drug-likeness (QED) is 0.350. The first-order chi connectivity index (χ1) is 18.2. The molecule has 0 bridgehead atoms. The molecule has 0 aliphatic carbocycles. The second kappa shape index (κ2) is 14.1. The molecule has 216 valence electrons. The smallest absolute Gasteiger partial charge is 0.410 e. The van der Waals surface area contributed by atoms with Gasteiger partial charge in [0, 0.05) is 74.7 Å². The summed E-state index contributed by atoms with van der Waals surface area (Å²) < 4.78 is 16.3. The summed E-state index contributed by atoms with van der Waals surface area (Å²) in [5.41, 5.74) is 5.54. The number of hydrogen-bond acceptors (Lipinski definition) is 8. The summed E-state index contributed by atoms with van der Waals surface area (Å²) in [6.07, 6.45) is 0.716. The van der Waals surface area contributed by atoms with Gasteiger partial charge in [0.15, 0.2) is 0 Å². The largest absolute Gasteiger partial charge is 1.00 e. The normalized spacial score (nSPS) is 14.6. The molecular formula is C29H42IN4O4S-. The van der Waals surface area contributed by atoms with Crippen molar-refractivity contribution in [1.29, 1.82) is 0 Å². The summed E-state index contributed by atoms with van der Waals surface area (Å²) in [5.74, 6) is 0. The number of benzene rings is 2. The molecule has 8 nitrogen and oxygen atoms in total. The first-order valence-electron chi connectivity index (χ1n) is 13.4. The lowest BCUT2D eigenvalue weighted by molar-refractivity contribution is -0.0000517. The molecule has 0 aromatic heterocycles. The minimum Gasteiger partial charge on any atom is -1.00 e. The van der Waals surface area contributed by atoms with Crippen LogP contribution in [0.4, 0.5) is 27.5 Å². The molecule has 2 aromatic carbocycles. The van der Waals surface area contributed by atoms with Crippen molar-refractivity contribution in [1.82, 2.24) is 4.90 Å². The summed E-state index contributed by atoms with van der Waals surface area (Å²) >= 11 is 1.82. The van der Waals surface area contributed by atoms with Gasteiger partial charge < -0.3 is 58.2 Å². The summed E-state index contributed by atoms with van der Waals surface area (Å²) in [6, 6.07) is 11.2. The Morgan fingerprint density at radius 2 is 1.67 bits per heavy atom. The average Bonchev–Trinajstić information content (AvgIpc) is 2.90. The van der Waals surface area contributed by atoms with Crippen LogP contribution in [0.3, 0.4) is 0 Å². The third kappa shape index (κ3) is 8.08. The molecule has 0 spiro atoms. The van der Waals surface area contributed by atoms with Gasteiger partial charge in [-0.15, -0.1) is 0 Å². The topological polar surface area (TPSA) is 66.5 Å². The lowest BCUT2D eigenvalue weighted by Crippen LogP contribution is -3.00. The van der Waals surface area contributed by atoms with Crippen LogP contribution in [0.5, 0.6) is 0 Å². The Morgan fingerprint density at radius 1 is 1.00 bits per heavy atom. The fourth-order valence-electron chi connectivity index (χ4n) is 4.74. The van der Waals surface area contributed by atoms with Crippen LogP contribution in [0.1, 0.15) is 33.3 Å². The molecule has 1 N–H and O–H groups in total. The Balaban J connectivity index is 0.00000420. The lowest BCUT2D eigenvalue weighted by atomic mass is 10.1. The average molecular weight is 670 g/mol. The van der Waals surface area contributed by atoms with Gasteiger partial charge in [-0.25, -0.2) is 4.79 Å². The minimum atomic E-state index is -0.477. The molecule has 0 atom stereocenters. The number of amides is 1. The first kappa shape index (κ1) is 31.6. The number of ether oxygens (including phenoxy) is 3. The van der Waals surface area contributed by atoms with E-state index in [1.54, 1.807) is 19.1 Å². The summed E-state index contributed by atoms with van der Waals surface area (Å²) in [5, 5.41) is 3.71. The van der Waals surface area contributed by atoms with Gasteiger partial charge in [-0.3, -0.25) is 0 Å². The van der Waals surface area contributed by atoms with Crippen LogP contribution in [0, 0.1) is 0 Å². The Morgan fingerprint density at radius 3 is 2.26 bits per heavy atom. The van der Waals surface area contributed by atoms with Gasteiger partial charge in [-0.2, -0.15) is 0 Å². The highest BCUT2D eigenvalue weighted by atomic mass is 127. The number of hydrogen-bond donors (Lipinski definition) is 1. The zero-order chi connectivity index (χ0) is 27.3. The number of piperazine rings is 1. The van der Waals surface area contributed by atoms with Gasteiger partial charge in [0.05, 0.1) is 24.6 Å².